The molecule has 1 saturated heterocycles. The molecule has 0 saturated carbocycles. The first kappa shape index (κ1) is 16.9. The maximum Gasteiger partial charge on any atom is 0.332 e. The molecule has 2 aliphatic heterocycles. The Labute approximate surface area is 137 Å². The predicted molar refractivity (Wildman–Crippen MR) is 82.9 cm³/mol. The van der Waals surface area contributed by atoms with Crippen molar-refractivity contribution in [3.63, 3.8) is 0 Å². The zero-order valence-corrected chi connectivity index (χ0v) is 13.1. The van der Waals surface area contributed by atoms with Gasteiger partial charge in [0, 0.05) is 6.42 Å². The van der Waals surface area contributed by atoms with Crippen LogP contribution >= 0.6 is 24.8 Å². The number of ketones is 1. The zero-order valence-electron chi connectivity index (χ0n) is 11.4. The fourth-order valence-corrected chi connectivity index (χ4v) is 3.30. The Bertz CT molecular complexity index is 575. The average molecular weight is 345 g/mol. The third kappa shape index (κ3) is 2.54. The molecule has 7 nitrogen and oxygen atoms in total. The summed E-state index contributed by atoms with van der Waals surface area (Å²) in [5.41, 5.74) is -2.07. The van der Waals surface area contributed by atoms with Crippen molar-refractivity contribution < 1.29 is 29.6 Å². The number of carbonyl (C=O) groups excluding carboxylic acids is 1. The molecule has 0 spiro atoms. The van der Waals surface area contributed by atoms with Gasteiger partial charge in [-0.15, -0.1) is 12.6 Å². The molecule has 120 valence electrons. The maximum absolute atomic E-state index is 12.3. The molecule has 3 N–H and O–H groups in total. The van der Waals surface area contributed by atoms with Crippen LogP contribution in [0.1, 0.15) is 12.8 Å². The third-order valence-electron chi connectivity index (χ3n) is 3.87. The van der Waals surface area contributed by atoms with Gasteiger partial charge in [-0.1, -0.05) is 12.2 Å². The van der Waals surface area contributed by atoms with E-state index in [1.165, 1.54) is 6.26 Å². The number of thiocarbonyl (C=S) groups is 1. The third-order valence-corrected chi connectivity index (χ3v) is 4.28. The highest BCUT2D eigenvalue weighted by molar-refractivity contribution is 8.10. The summed E-state index contributed by atoms with van der Waals surface area (Å²) < 4.78 is 4.96. The van der Waals surface area contributed by atoms with Gasteiger partial charge >= 0.3 is 5.97 Å². The highest BCUT2D eigenvalue weighted by Gasteiger charge is 2.63. The number of aliphatic hydroxyl groups is 2. The predicted octanol–water partition coefficient (Wildman–Crippen LogP) is 0.0441. The number of hydrogen-bond donors (Lipinski definition) is 4. The number of hydrogen-bond acceptors (Lipinski definition) is 6. The van der Waals surface area contributed by atoms with Gasteiger partial charge in [-0.25, -0.2) is 4.79 Å². The van der Waals surface area contributed by atoms with Crippen molar-refractivity contribution in [2.75, 3.05) is 6.61 Å². The quantitative estimate of drug-likeness (QED) is 0.418. The van der Waals surface area contributed by atoms with E-state index in [9.17, 15) is 24.9 Å². The summed E-state index contributed by atoms with van der Waals surface area (Å²) >= 11 is 8.70. The van der Waals surface area contributed by atoms with Crippen LogP contribution in [0.4, 0.5) is 0 Å². The molecular formula is C13H15NO6S2. The number of likely N-dealkylation sites (tertiary alicyclic amines) is 1. The number of carbonyl (C=O) groups is 2. The topological polar surface area (TPSA) is 107 Å². The van der Waals surface area contributed by atoms with E-state index >= 15 is 0 Å². The van der Waals surface area contributed by atoms with Crippen LogP contribution in [0.5, 0.6) is 0 Å². The lowest BCUT2D eigenvalue weighted by Crippen LogP contribution is -2.59. The lowest BCUT2D eigenvalue weighted by atomic mass is 9.81. The highest BCUT2D eigenvalue weighted by Crippen LogP contribution is 2.41. The van der Waals surface area contributed by atoms with Gasteiger partial charge in [0.1, 0.15) is 10.1 Å². The molecule has 2 aliphatic rings. The molecule has 2 heterocycles. The molecule has 0 aromatic carbocycles. The number of thiol groups is 1. The summed E-state index contributed by atoms with van der Waals surface area (Å²) in [6.07, 6.45) is 3.64. The smallest absolute Gasteiger partial charge is 0.332 e. The number of ether oxygens (including phenoxy) is 1. The van der Waals surface area contributed by atoms with Crippen molar-refractivity contribution in [1.29, 1.82) is 0 Å². The minimum Gasteiger partial charge on any atom is -0.479 e. The van der Waals surface area contributed by atoms with E-state index in [-0.39, 0.29) is 10.7 Å². The number of aliphatic carboxylic acids is 1. The number of carboxylic acid groups (broad SMARTS) is 1. The number of rotatable bonds is 4. The minimum absolute atomic E-state index is 0.0695. The van der Waals surface area contributed by atoms with E-state index in [2.05, 4.69) is 12.6 Å². The van der Waals surface area contributed by atoms with Crippen molar-refractivity contribution in [1.82, 2.24) is 4.90 Å². The molecule has 0 aromatic rings. The van der Waals surface area contributed by atoms with Crippen LogP contribution in [0.3, 0.4) is 0 Å². The van der Waals surface area contributed by atoms with Crippen LogP contribution in [0.25, 0.3) is 0 Å². The number of nitrogens with zero attached hydrogens (tertiary/aromatic N) is 1. The number of Topliss-reactive ketones (excluding diaryl/α,β-unsaturated/α-hetero) is 1. The van der Waals surface area contributed by atoms with Crippen molar-refractivity contribution in [2.24, 2.45) is 5.92 Å². The van der Waals surface area contributed by atoms with Crippen molar-refractivity contribution in [2.45, 2.75) is 24.6 Å². The summed E-state index contributed by atoms with van der Waals surface area (Å²) in [5, 5.41) is 29.3. The zero-order chi connectivity index (χ0) is 16.5. The molecule has 2 rings (SSSR count). The molecule has 9 heteroatoms. The van der Waals surface area contributed by atoms with Gasteiger partial charge in [0.05, 0.1) is 18.8 Å². The first-order valence-electron chi connectivity index (χ1n) is 6.45. The van der Waals surface area contributed by atoms with Gasteiger partial charge in [0.25, 0.3) is 0 Å². The Kier molecular flexibility index (Phi) is 4.90. The monoisotopic (exact) mass is 345 g/mol. The number of aliphatic hydroxyl groups excluding tert-OH is 2. The van der Waals surface area contributed by atoms with E-state index in [1.54, 1.807) is 12.2 Å². The number of allylic oxidation sites excluding steroid dienone is 3. The van der Waals surface area contributed by atoms with Crippen LogP contribution in [-0.2, 0) is 14.3 Å². The second kappa shape index (κ2) is 6.37. The van der Waals surface area contributed by atoms with E-state index in [0.717, 1.165) is 4.90 Å². The summed E-state index contributed by atoms with van der Waals surface area (Å²) in [6.45, 7) is -0.903. The Morgan fingerprint density at radius 1 is 1.59 bits per heavy atom. The molecule has 1 fully saturated rings. The SMILES string of the molecule is O=C1C(O)N(C(=S)S)C(CO)(C(=O)O)C1CC1=CCC=CO1. The standard InChI is InChI=1S/C13H15NO6S2/c15-6-13(11(18)19)8(5-7-3-1-2-4-20-7)9(16)10(17)14(13)12(21)22/h2-4,8,10,15,17H,1,5-6H2,(H,18,19)(H,21,22). The first-order valence-corrected chi connectivity index (χ1v) is 7.30. The molecule has 3 atom stereocenters. The van der Waals surface area contributed by atoms with Crippen LogP contribution in [0.2, 0.25) is 0 Å². The lowest BCUT2D eigenvalue weighted by Gasteiger charge is -2.37. The first-order chi connectivity index (χ1) is 10.4. The maximum atomic E-state index is 12.3. The van der Waals surface area contributed by atoms with Crippen LogP contribution < -0.4 is 0 Å². The molecule has 3 unspecified atom stereocenters. The molecule has 0 aliphatic carbocycles. The second-order valence-corrected chi connectivity index (χ2v) is 6.08. The van der Waals surface area contributed by atoms with Gasteiger partial charge < -0.3 is 25.0 Å². The lowest BCUT2D eigenvalue weighted by molar-refractivity contribution is -0.155. The van der Waals surface area contributed by atoms with Gasteiger partial charge in [-0.3, -0.25) is 4.79 Å². The van der Waals surface area contributed by atoms with Gasteiger partial charge in [-0.2, -0.15) is 0 Å². The van der Waals surface area contributed by atoms with E-state index < -0.39 is 36.0 Å². The Balaban J connectivity index is 2.44. The largest absolute Gasteiger partial charge is 0.479 e. The summed E-state index contributed by atoms with van der Waals surface area (Å²) in [7, 11) is 0. The van der Waals surface area contributed by atoms with Crippen LogP contribution in [-0.4, -0.2) is 54.7 Å². The Morgan fingerprint density at radius 2 is 2.27 bits per heavy atom. The van der Waals surface area contributed by atoms with Gasteiger partial charge in [-0.05, 0) is 18.6 Å². The van der Waals surface area contributed by atoms with Crippen molar-refractivity contribution >= 4 is 40.9 Å². The molecule has 0 radical (unpaired) electrons. The summed E-state index contributed by atoms with van der Waals surface area (Å²) in [4.78, 5) is 24.9. The van der Waals surface area contributed by atoms with Crippen LogP contribution in [0.15, 0.2) is 24.2 Å². The van der Waals surface area contributed by atoms with Gasteiger partial charge in [0.2, 0.25) is 0 Å². The Morgan fingerprint density at radius 3 is 2.73 bits per heavy atom. The van der Waals surface area contributed by atoms with Gasteiger partial charge in [0.15, 0.2) is 17.6 Å². The normalized spacial score (nSPS) is 31.0. The summed E-state index contributed by atoms with van der Waals surface area (Å²) in [6, 6.07) is 0. The molecular weight excluding hydrogens is 330 g/mol. The number of carboxylic acids is 1. The molecule has 22 heavy (non-hydrogen) atoms. The van der Waals surface area contributed by atoms with E-state index in [0.29, 0.717) is 12.2 Å². The Hall–Kier alpha value is -1.42. The van der Waals surface area contributed by atoms with Crippen LogP contribution in [0, 0.1) is 5.92 Å². The fourth-order valence-electron chi connectivity index (χ4n) is 2.75. The van der Waals surface area contributed by atoms with E-state index in [4.69, 9.17) is 17.0 Å². The highest BCUT2D eigenvalue weighted by atomic mass is 32.1. The average Bonchev–Trinajstić information content (AvgIpc) is 2.70. The van der Waals surface area contributed by atoms with Crippen molar-refractivity contribution in [3.8, 4) is 0 Å². The molecule has 0 amide bonds. The van der Waals surface area contributed by atoms with E-state index in [1.807, 2.05) is 0 Å². The minimum atomic E-state index is -2.07. The molecule has 0 bridgehead atoms. The molecule has 0 aromatic heterocycles. The second-order valence-electron chi connectivity index (χ2n) is 4.97. The van der Waals surface area contributed by atoms with Crippen molar-refractivity contribution in [3.05, 3.63) is 24.2 Å². The fraction of sp³-hybridized carbons (Fsp3) is 0.462. The summed E-state index contributed by atoms with van der Waals surface area (Å²) in [5.74, 6) is -3.02.